The highest BCUT2D eigenvalue weighted by Gasteiger charge is 2.61. The lowest BCUT2D eigenvalue weighted by molar-refractivity contribution is -0.0449. The predicted octanol–water partition coefficient (Wildman–Crippen LogP) is 4.00. The number of nitrogens with one attached hydrogen (secondary N) is 1. The fourth-order valence-electron chi connectivity index (χ4n) is 4.28. The molecule has 0 aromatic heterocycles. The lowest BCUT2D eigenvalue weighted by atomic mass is 9.70. The molecule has 0 amide bonds. The van der Waals surface area contributed by atoms with Crippen molar-refractivity contribution < 1.29 is 4.74 Å². The predicted molar refractivity (Wildman–Crippen MR) is 81.4 cm³/mol. The second-order valence-corrected chi connectivity index (χ2v) is 7.43. The van der Waals surface area contributed by atoms with E-state index in [2.05, 4.69) is 33.0 Å². The third-order valence-corrected chi connectivity index (χ3v) is 6.27. The van der Waals surface area contributed by atoms with Gasteiger partial charge in [-0.25, -0.2) is 0 Å². The van der Waals surface area contributed by atoms with Crippen molar-refractivity contribution in [3.63, 3.8) is 0 Å². The molecule has 0 saturated heterocycles. The molecule has 2 aliphatic carbocycles. The van der Waals surface area contributed by atoms with Crippen LogP contribution in [0, 0.1) is 16.7 Å². The summed E-state index contributed by atoms with van der Waals surface area (Å²) in [5.74, 6) is 0.889. The van der Waals surface area contributed by atoms with Crippen LogP contribution in [0.25, 0.3) is 0 Å². The summed E-state index contributed by atoms with van der Waals surface area (Å²) in [5, 5.41) is 3.50. The zero-order valence-corrected chi connectivity index (χ0v) is 13.4. The van der Waals surface area contributed by atoms with Crippen molar-refractivity contribution in [2.24, 2.45) is 16.7 Å². The van der Waals surface area contributed by atoms with E-state index in [1.165, 1.54) is 38.5 Å². The van der Waals surface area contributed by atoms with Crippen LogP contribution < -0.4 is 5.32 Å². The third-order valence-electron chi connectivity index (χ3n) is 6.27. The topological polar surface area (TPSA) is 21.3 Å². The van der Waals surface area contributed by atoms with E-state index in [1.54, 1.807) is 0 Å². The van der Waals surface area contributed by atoms with E-state index in [9.17, 15) is 0 Å². The Bertz CT molecular complexity index is 289. The van der Waals surface area contributed by atoms with Crippen LogP contribution >= 0.6 is 0 Å². The largest absolute Gasteiger partial charge is 0.376 e. The van der Waals surface area contributed by atoms with E-state index in [4.69, 9.17) is 4.74 Å². The maximum atomic E-state index is 6.22. The van der Waals surface area contributed by atoms with E-state index in [-0.39, 0.29) is 0 Å². The van der Waals surface area contributed by atoms with Gasteiger partial charge in [0, 0.05) is 6.54 Å². The molecule has 112 valence electrons. The van der Waals surface area contributed by atoms with Gasteiger partial charge in [0.05, 0.1) is 12.7 Å². The van der Waals surface area contributed by atoms with Gasteiger partial charge >= 0.3 is 0 Å². The summed E-state index contributed by atoms with van der Waals surface area (Å²) < 4.78 is 6.22. The van der Waals surface area contributed by atoms with Gasteiger partial charge in [0.1, 0.15) is 0 Å². The molecule has 1 N–H and O–H groups in total. The van der Waals surface area contributed by atoms with Crippen LogP contribution in [0.15, 0.2) is 0 Å². The molecular formula is C17H33NO. The normalized spacial score (nSPS) is 36.0. The van der Waals surface area contributed by atoms with Crippen molar-refractivity contribution in [1.29, 1.82) is 0 Å². The van der Waals surface area contributed by atoms with Gasteiger partial charge in [0.25, 0.3) is 0 Å². The minimum Gasteiger partial charge on any atom is -0.376 e. The third kappa shape index (κ3) is 2.85. The quantitative estimate of drug-likeness (QED) is 0.671. The molecule has 2 nitrogen and oxygen atoms in total. The Morgan fingerprint density at radius 1 is 1.16 bits per heavy atom. The van der Waals surface area contributed by atoms with Gasteiger partial charge in [-0.05, 0) is 49.0 Å². The number of hydrogen-bond donors (Lipinski definition) is 1. The van der Waals surface area contributed by atoms with Crippen molar-refractivity contribution in [2.75, 3.05) is 19.7 Å². The van der Waals surface area contributed by atoms with Gasteiger partial charge in [-0.3, -0.25) is 0 Å². The van der Waals surface area contributed by atoms with Crippen molar-refractivity contribution in [2.45, 2.75) is 72.3 Å². The van der Waals surface area contributed by atoms with Crippen molar-refractivity contribution in [3.8, 4) is 0 Å². The SMILES string of the molecule is CCCCCNCCOC1CC2CCC1(C)C2(C)C. The van der Waals surface area contributed by atoms with Crippen LogP contribution in [0.5, 0.6) is 0 Å². The number of unbranched alkanes of at least 4 members (excludes halogenated alkanes) is 2. The zero-order chi connectivity index (χ0) is 13.9. The van der Waals surface area contributed by atoms with Gasteiger partial charge in [-0.1, -0.05) is 40.5 Å². The molecule has 0 heterocycles. The van der Waals surface area contributed by atoms with Crippen LogP contribution in [-0.4, -0.2) is 25.8 Å². The lowest BCUT2D eigenvalue weighted by Crippen LogP contribution is -2.38. The Morgan fingerprint density at radius 2 is 1.95 bits per heavy atom. The Kier molecular flexibility index (Phi) is 4.94. The standard InChI is InChI=1S/C17H33NO/c1-5-6-7-10-18-11-12-19-15-13-14-8-9-17(15,4)16(14,2)3/h14-15,18H,5-13H2,1-4H3. The van der Waals surface area contributed by atoms with E-state index < -0.39 is 0 Å². The molecule has 3 unspecified atom stereocenters. The summed E-state index contributed by atoms with van der Waals surface area (Å²) in [5.41, 5.74) is 0.895. The van der Waals surface area contributed by atoms with Crippen LogP contribution in [0.3, 0.4) is 0 Å². The highest BCUT2D eigenvalue weighted by molar-refractivity contribution is 5.11. The maximum Gasteiger partial charge on any atom is 0.0637 e. The first-order chi connectivity index (χ1) is 9.02. The molecule has 0 aliphatic heterocycles. The molecule has 0 aromatic carbocycles. The highest BCUT2D eigenvalue weighted by Crippen LogP contribution is 2.66. The smallest absolute Gasteiger partial charge is 0.0637 e. The van der Waals surface area contributed by atoms with E-state index in [0.717, 1.165) is 25.6 Å². The molecule has 2 heteroatoms. The fraction of sp³-hybridized carbons (Fsp3) is 1.00. The summed E-state index contributed by atoms with van der Waals surface area (Å²) in [6.45, 7) is 12.7. The first-order valence-electron chi connectivity index (χ1n) is 8.34. The highest BCUT2D eigenvalue weighted by atomic mass is 16.5. The Balaban J connectivity index is 1.65. The average Bonchev–Trinajstić information content (AvgIpc) is 2.70. The molecule has 2 saturated carbocycles. The van der Waals surface area contributed by atoms with Crippen LogP contribution in [0.4, 0.5) is 0 Å². The van der Waals surface area contributed by atoms with Gasteiger partial charge in [-0.2, -0.15) is 0 Å². The Labute approximate surface area is 119 Å². The molecule has 19 heavy (non-hydrogen) atoms. The Hall–Kier alpha value is -0.0800. The molecule has 2 fully saturated rings. The summed E-state index contributed by atoms with van der Waals surface area (Å²) in [4.78, 5) is 0. The Morgan fingerprint density at radius 3 is 2.53 bits per heavy atom. The summed E-state index contributed by atoms with van der Waals surface area (Å²) in [7, 11) is 0. The van der Waals surface area contributed by atoms with Gasteiger partial charge in [0.2, 0.25) is 0 Å². The first kappa shape index (κ1) is 15.3. The lowest BCUT2D eigenvalue weighted by Gasteiger charge is -2.38. The van der Waals surface area contributed by atoms with E-state index >= 15 is 0 Å². The average molecular weight is 267 g/mol. The number of rotatable bonds is 8. The molecule has 3 atom stereocenters. The second-order valence-electron chi connectivity index (χ2n) is 7.43. The van der Waals surface area contributed by atoms with Gasteiger partial charge in [0.15, 0.2) is 0 Å². The molecular weight excluding hydrogens is 234 g/mol. The molecule has 0 spiro atoms. The molecule has 2 aliphatic rings. The number of hydrogen-bond acceptors (Lipinski definition) is 2. The fourth-order valence-corrected chi connectivity index (χ4v) is 4.28. The zero-order valence-electron chi connectivity index (χ0n) is 13.4. The van der Waals surface area contributed by atoms with E-state index in [1.807, 2.05) is 0 Å². The molecule has 0 aromatic rings. The van der Waals surface area contributed by atoms with Gasteiger partial charge < -0.3 is 10.1 Å². The van der Waals surface area contributed by atoms with E-state index in [0.29, 0.717) is 16.9 Å². The molecule has 2 bridgehead atoms. The van der Waals surface area contributed by atoms with Crippen LogP contribution in [0.2, 0.25) is 0 Å². The number of ether oxygens (including phenoxy) is 1. The molecule has 2 rings (SSSR count). The van der Waals surface area contributed by atoms with Crippen molar-refractivity contribution in [3.05, 3.63) is 0 Å². The summed E-state index contributed by atoms with van der Waals surface area (Å²) in [6, 6.07) is 0. The second kappa shape index (κ2) is 6.13. The first-order valence-corrected chi connectivity index (χ1v) is 8.34. The maximum absolute atomic E-state index is 6.22. The van der Waals surface area contributed by atoms with Crippen molar-refractivity contribution >= 4 is 0 Å². The number of fused-ring (bicyclic) bond motifs is 2. The van der Waals surface area contributed by atoms with Crippen molar-refractivity contribution in [1.82, 2.24) is 5.32 Å². The van der Waals surface area contributed by atoms with Gasteiger partial charge in [-0.15, -0.1) is 0 Å². The monoisotopic (exact) mass is 267 g/mol. The summed E-state index contributed by atoms with van der Waals surface area (Å²) in [6.07, 6.45) is 8.50. The summed E-state index contributed by atoms with van der Waals surface area (Å²) >= 11 is 0. The minimum atomic E-state index is 0.417. The van der Waals surface area contributed by atoms with Crippen LogP contribution in [0.1, 0.15) is 66.2 Å². The molecule has 0 radical (unpaired) electrons. The minimum absolute atomic E-state index is 0.417. The van der Waals surface area contributed by atoms with Crippen LogP contribution in [-0.2, 0) is 4.74 Å².